The van der Waals surface area contributed by atoms with Crippen LogP contribution < -0.4 is 0 Å². The van der Waals surface area contributed by atoms with Crippen LogP contribution in [0.4, 0.5) is 0 Å². The maximum absolute atomic E-state index is 14.2. The fourth-order valence-electron chi connectivity index (χ4n) is 10.1. The van der Waals surface area contributed by atoms with Crippen LogP contribution >= 0.6 is 0 Å². The lowest BCUT2D eigenvalue weighted by atomic mass is 9.33. The fraction of sp³-hybridized carbons (Fsp3) is 0.833. The SMILES string of the molecule is CC1(C)CCC2(C(=O)O)CCC3(C)C(=CCC4C5(C)CCC(=O)C(C)(C)C5CC(=O)C43C)C2C1. The number of fused-ring (bicyclic) bond motifs is 7. The van der Waals surface area contributed by atoms with Gasteiger partial charge in [-0.1, -0.05) is 60.1 Å². The molecule has 0 aromatic carbocycles. The van der Waals surface area contributed by atoms with Gasteiger partial charge >= 0.3 is 5.97 Å². The molecule has 4 saturated carbocycles. The first-order chi connectivity index (χ1) is 15.6. The number of carbonyl (C=O) groups excluding carboxylic acids is 2. The van der Waals surface area contributed by atoms with E-state index in [1.54, 1.807) is 0 Å². The van der Waals surface area contributed by atoms with Gasteiger partial charge in [-0.3, -0.25) is 14.4 Å². The predicted octanol–water partition coefficient (Wildman–Crippen LogP) is 6.62. The van der Waals surface area contributed by atoms with Crippen molar-refractivity contribution in [2.45, 2.75) is 106 Å². The highest BCUT2D eigenvalue weighted by molar-refractivity contribution is 5.92. The van der Waals surface area contributed by atoms with Crippen LogP contribution in [0.3, 0.4) is 0 Å². The minimum Gasteiger partial charge on any atom is -0.481 e. The third-order valence-electron chi connectivity index (χ3n) is 12.6. The molecular formula is C30H44O4. The molecule has 188 valence electrons. The van der Waals surface area contributed by atoms with E-state index in [1.807, 2.05) is 0 Å². The molecule has 4 nitrogen and oxygen atoms in total. The minimum absolute atomic E-state index is 0.00739. The number of hydrogen-bond acceptors (Lipinski definition) is 3. The van der Waals surface area contributed by atoms with Crippen LogP contribution in [0, 0.1) is 50.2 Å². The zero-order chi connectivity index (χ0) is 25.1. The number of Topliss-reactive ketones (excluding diaryl/α,β-unsaturated/α-hetero) is 2. The summed E-state index contributed by atoms with van der Waals surface area (Å²) in [5, 5.41) is 10.5. The zero-order valence-electron chi connectivity index (χ0n) is 22.3. The van der Waals surface area contributed by atoms with Gasteiger partial charge in [0.05, 0.1) is 5.41 Å². The number of allylic oxidation sites excluding steroid dienone is 2. The molecule has 0 aromatic heterocycles. The van der Waals surface area contributed by atoms with E-state index in [0.29, 0.717) is 30.8 Å². The van der Waals surface area contributed by atoms with Crippen LogP contribution in [0.2, 0.25) is 0 Å². The number of ketones is 2. The molecule has 0 saturated heterocycles. The van der Waals surface area contributed by atoms with Crippen LogP contribution in [0.25, 0.3) is 0 Å². The Balaban J connectivity index is 1.65. The molecule has 0 amide bonds. The average Bonchev–Trinajstić information content (AvgIpc) is 2.74. The number of carboxylic acid groups (broad SMARTS) is 1. The Bertz CT molecular complexity index is 1000. The van der Waals surface area contributed by atoms with E-state index in [9.17, 15) is 19.5 Å². The summed E-state index contributed by atoms with van der Waals surface area (Å²) in [6.45, 7) is 15.5. The van der Waals surface area contributed by atoms with Crippen LogP contribution in [0.5, 0.6) is 0 Å². The lowest BCUT2D eigenvalue weighted by Crippen LogP contribution is -2.67. The Kier molecular flexibility index (Phi) is 4.89. The monoisotopic (exact) mass is 468 g/mol. The molecule has 4 heteroatoms. The van der Waals surface area contributed by atoms with Crippen molar-refractivity contribution in [2.24, 2.45) is 50.2 Å². The largest absolute Gasteiger partial charge is 0.481 e. The molecule has 7 atom stereocenters. The number of rotatable bonds is 1. The summed E-state index contributed by atoms with van der Waals surface area (Å²) >= 11 is 0. The minimum atomic E-state index is -0.687. The Hall–Kier alpha value is -1.45. The first-order valence-electron chi connectivity index (χ1n) is 13.6. The summed E-state index contributed by atoms with van der Waals surface area (Å²) in [4.78, 5) is 39.9. The van der Waals surface area contributed by atoms with Gasteiger partial charge in [0.1, 0.15) is 11.6 Å². The molecule has 5 aliphatic carbocycles. The maximum Gasteiger partial charge on any atom is 0.310 e. The molecule has 0 aromatic rings. The molecule has 1 N–H and O–H groups in total. The maximum atomic E-state index is 14.2. The van der Waals surface area contributed by atoms with Crippen molar-refractivity contribution in [1.82, 2.24) is 0 Å². The second kappa shape index (κ2) is 6.85. The van der Waals surface area contributed by atoms with Crippen molar-refractivity contribution in [3.8, 4) is 0 Å². The topological polar surface area (TPSA) is 71.4 Å². The standard InChI is InChI=1S/C30H44O4/c1-25(2)12-14-30(24(33)34)15-13-28(6)18(19(30)17-25)8-9-20-27(5)11-10-22(31)26(3,4)21(27)16-23(32)29(20,28)7/h8,19-21H,9-17H2,1-7H3,(H,33,34). The molecule has 7 unspecified atom stereocenters. The lowest BCUT2D eigenvalue weighted by Gasteiger charge is -2.69. The zero-order valence-corrected chi connectivity index (χ0v) is 22.3. The second-order valence-electron chi connectivity index (χ2n) is 14.7. The summed E-state index contributed by atoms with van der Waals surface area (Å²) in [5.74, 6) is 0.263. The van der Waals surface area contributed by atoms with Gasteiger partial charge in [0.15, 0.2) is 0 Å². The Morgan fingerprint density at radius 3 is 2.18 bits per heavy atom. The normalized spacial score (nSPS) is 49.1. The number of carboxylic acids is 1. The molecule has 0 spiro atoms. The Labute approximate surface area is 205 Å². The summed E-state index contributed by atoms with van der Waals surface area (Å²) in [5.41, 5.74) is -0.649. The van der Waals surface area contributed by atoms with Gasteiger partial charge in [0.2, 0.25) is 0 Å². The highest BCUT2D eigenvalue weighted by Gasteiger charge is 2.71. The van der Waals surface area contributed by atoms with Gasteiger partial charge in [0.25, 0.3) is 0 Å². The summed E-state index contributed by atoms with van der Waals surface area (Å²) in [7, 11) is 0. The molecule has 0 heterocycles. The molecular weight excluding hydrogens is 424 g/mol. The van der Waals surface area contributed by atoms with Crippen molar-refractivity contribution >= 4 is 17.5 Å². The van der Waals surface area contributed by atoms with Gasteiger partial charge in [-0.25, -0.2) is 0 Å². The van der Waals surface area contributed by atoms with E-state index in [-0.39, 0.29) is 34.0 Å². The fourth-order valence-corrected chi connectivity index (χ4v) is 10.1. The average molecular weight is 469 g/mol. The number of hydrogen-bond donors (Lipinski definition) is 1. The molecule has 4 fully saturated rings. The van der Waals surface area contributed by atoms with Crippen molar-refractivity contribution in [1.29, 1.82) is 0 Å². The van der Waals surface area contributed by atoms with Crippen molar-refractivity contribution in [3.63, 3.8) is 0 Å². The molecule has 5 aliphatic rings. The summed E-state index contributed by atoms with van der Waals surface area (Å²) in [6.07, 6.45) is 9.16. The van der Waals surface area contributed by atoms with Gasteiger partial charge in [-0.15, -0.1) is 0 Å². The molecule has 5 rings (SSSR count). The predicted molar refractivity (Wildman–Crippen MR) is 132 cm³/mol. The highest BCUT2D eigenvalue weighted by Crippen LogP contribution is 2.74. The van der Waals surface area contributed by atoms with Gasteiger partial charge in [-0.05, 0) is 73.5 Å². The van der Waals surface area contributed by atoms with E-state index in [4.69, 9.17) is 0 Å². The smallest absolute Gasteiger partial charge is 0.310 e. The summed E-state index contributed by atoms with van der Waals surface area (Å²) < 4.78 is 0. The second-order valence-corrected chi connectivity index (χ2v) is 14.7. The molecule has 0 aliphatic heterocycles. The van der Waals surface area contributed by atoms with E-state index in [2.05, 4.69) is 54.5 Å². The van der Waals surface area contributed by atoms with Gasteiger partial charge < -0.3 is 5.11 Å². The van der Waals surface area contributed by atoms with Crippen molar-refractivity contribution in [3.05, 3.63) is 11.6 Å². The van der Waals surface area contributed by atoms with Crippen LogP contribution in [0.15, 0.2) is 11.6 Å². The first kappa shape index (κ1) is 24.3. The van der Waals surface area contributed by atoms with Gasteiger partial charge in [-0.2, -0.15) is 0 Å². The third kappa shape index (κ3) is 2.69. The molecule has 34 heavy (non-hydrogen) atoms. The van der Waals surface area contributed by atoms with Crippen LogP contribution in [-0.2, 0) is 14.4 Å². The van der Waals surface area contributed by atoms with Crippen molar-refractivity contribution < 1.29 is 19.5 Å². The highest BCUT2D eigenvalue weighted by atomic mass is 16.4. The number of aliphatic carboxylic acids is 1. The quantitative estimate of drug-likeness (QED) is 0.439. The van der Waals surface area contributed by atoms with Crippen molar-refractivity contribution in [2.75, 3.05) is 0 Å². The Morgan fingerprint density at radius 2 is 1.53 bits per heavy atom. The van der Waals surface area contributed by atoms with E-state index in [0.717, 1.165) is 38.5 Å². The summed E-state index contributed by atoms with van der Waals surface area (Å²) in [6, 6.07) is 0. The van der Waals surface area contributed by atoms with E-state index in [1.165, 1.54) is 5.57 Å². The lowest BCUT2D eigenvalue weighted by molar-refractivity contribution is -0.191. The number of carbonyl (C=O) groups is 3. The van der Waals surface area contributed by atoms with Crippen LogP contribution in [0.1, 0.15) is 106 Å². The van der Waals surface area contributed by atoms with Crippen LogP contribution in [-0.4, -0.2) is 22.6 Å². The molecule has 0 bridgehead atoms. The Morgan fingerprint density at radius 1 is 0.882 bits per heavy atom. The first-order valence-corrected chi connectivity index (χ1v) is 13.6. The molecule has 0 radical (unpaired) electrons. The van der Waals surface area contributed by atoms with E-state index < -0.39 is 22.2 Å². The van der Waals surface area contributed by atoms with Gasteiger partial charge in [0, 0.05) is 29.1 Å². The van der Waals surface area contributed by atoms with E-state index >= 15 is 0 Å². The third-order valence-corrected chi connectivity index (χ3v) is 12.6.